The molecule has 2 N–H and O–H groups in total. The first-order chi connectivity index (χ1) is 9.44. The highest BCUT2D eigenvalue weighted by Crippen LogP contribution is 2.44. The molecule has 20 heavy (non-hydrogen) atoms. The SMILES string of the molecule is NCC1(c2ccc(OC3CS(=O)(=O)C3)c(Br)c2)CCC1. The van der Waals surface area contributed by atoms with Crippen LogP contribution in [0.2, 0.25) is 0 Å². The van der Waals surface area contributed by atoms with Crippen molar-refractivity contribution in [3.8, 4) is 5.75 Å². The Kier molecular flexibility index (Phi) is 3.59. The van der Waals surface area contributed by atoms with Crippen LogP contribution in [0, 0.1) is 0 Å². The monoisotopic (exact) mass is 359 g/mol. The van der Waals surface area contributed by atoms with Gasteiger partial charge in [0, 0.05) is 12.0 Å². The topological polar surface area (TPSA) is 69.4 Å². The Bertz CT molecular complexity index is 608. The van der Waals surface area contributed by atoms with Gasteiger partial charge in [0.15, 0.2) is 9.84 Å². The average Bonchev–Trinajstić information content (AvgIpc) is 2.29. The summed E-state index contributed by atoms with van der Waals surface area (Å²) in [6.45, 7) is 0.667. The molecule has 0 unspecified atom stereocenters. The minimum Gasteiger partial charge on any atom is -0.487 e. The number of benzene rings is 1. The van der Waals surface area contributed by atoms with Crippen LogP contribution in [0.25, 0.3) is 0 Å². The van der Waals surface area contributed by atoms with E-state index in [9.17, 15) is 8.42 Å². The fraction of sp³-hybridized carbons (Fsp3) is 0.571. The second kappa shape index (κ2) is 5.00. The number of rotatable bonds is 4. The largest absolute Gasteiger partial charge is 0.487 e. The lowest BCUT2D eigenvalue weighted by Gasteiger charge is -2.41. The molecule has 2 fully saturated rings. The molecule has 4 nitrogen and oxygen atoms in total. The van der Waals surface area contributed by atoms with Crippen molar-refractivity contribution in [1.82, 2.24) is 0 Å². The number of ether oxygens (including phenoxy) is 1. The number of halogens is 1. The molecule has 0 atom stereocenters. The van der Waals surface area contributed by atoms with E-state index in [0.717, 1.165) is 17.3 Å². The van der Waals surface area contributed by atoms with Gasteiger partial charge in [-0.1, -0.05) is 12.5 Å². The lowest BCUT2D eigenvalue weighted by molar-refractivity contribution is 0.227. The maximum Gasteiger partial charge on any atom is 0.157 e. The fourth-order valence-electron chi connectivity index (χ4n) is 2.91. The fourth-order valence-corrected chi connectivity index (χ4v) is 4.55. The van der Waals surface area contributed by atoms with Crippen LogP contribution in [0.3, 0.4) is 0 Å². The van der Waals surface area contributed by atoms with Gasteiger partial charge in [-0.15, -0.1) is 0 Å². The molecule has 0 spiro atoms. The van der Waals surface area contributed by atoms with E-state index in [2.05, 4.69) is 28.1 Å². The lowest BCUT2D eigenvalue weighted by Crippen LogP contribution is -2.45. The zero-order chi connectivity index (χ0) is 14.4. The summed E-state index contributed by atoms with van der Waals surface area (Å²) in [6.07, 6.45) is 3.29. The maximum atomic E-state index is 11.1. The molecule has 1 aliphatic heterocycles. The Labute approximate surface area is 127 Å². The molecule has 1 aromatic carbocycles. The highest BCUT2D eigenvalue weighted by Gasteiger charge is 2.38. The minimum absolute atomic E-state index is 0.119. The van der Waals surface area contributed by atoms with Crippen LogP contribution in [0.15, 0.2) is 22.7 Å². The highest BCUT2D eigenvalue weighted by molar-refractivity contribution is 9.10. The third kappa shape index (κ3) is 2.49. The predicted octanol–water partition coefficient (Wildman–Crippen LogP) is 2.01. The Balaban J connectivity index is 1.75. The highest BCUT2D eigenvalue weighted by atomic mass is 79.9. The van der Waals surface area contributed by atoms with Crippen molar-refractivity contribution >= 4 is 25.8 Å². The van der Waals surface area contributed by atoms with Crippen molar-refractivity contribution < 1.29 is 13.2 Å². The summed E-state index contributed by atoms with van der Waals surface area (Å²) in [5.74, 6) is 0.946. The van der Waals surface area contributed by atoms with Gasteiger partial charge < -0.3 is 10.5 Å². The van der Waals surface area contributed by atoms with Crippen LogP contribution in [0.1, 0.15) is 24.8 Å². The molecular weight excluding hydrogens is 342 g/mol. The molecule has 3 rings (SSSR count). The molecule has 0 bridgehead atoms. The van der Waals surface area contributed by atoms with Gasteiger partial charge in [-0.2, -0.15) is 0 Å². The summed E-state index contributed by atoms with van der Waals surface area (Å²) < 4.78 is 28.9. The van der Waals surface area contributed by atoms with Crippen molar-refractivity contribution in [1.29, 1.82) is 0 Å². The van der Waals surface area contributed by atoms with Crippen molar-refractivity contribution in [2.75, 3.05) is 18.1 Å². The average molecular weight is 360 g/mol. The molecule has 2 aliphatic rings. The lowest BCUT2D eigenvalue weighted by atomic mass is 9.64. The van der Waals surface area contributed by atoms with Crippen LogP contribution in [0.4, 0.5) is 0 Å². The van der Waals surface area contributed by atoms with E-state index >= 15 is 0 Å². The Hall–Kier alpha value is -0.590. The van der Waals surface area contributed by atoms with E-state index in [1.807, 2.05) is 6.07 Å². The third-order valence-electron chi connectivity index (χ3n) is 4.42. The molecule has 0 radical (unpaired) electrons. The van der Waals surface area contributed by atoms with Gasteiger partial charge in [-0.3, -0.25) is 0 Å². The summed E-state index contributed by atoms with van der Waals surface area (Å²) in [5.41, 5.74) is 7.29. The molecule has 1 saturated carbocycles. The molecule has 110 valence electrons. The molecule has 6 heteroatoms. The van der Waals surface area contributed by atoms with Crippen molar-refractivity contribution in [3.63, 3.8) is 0 Å². The Morgan fingerprint density at radius 2 is 2.05 bits per heavy atom. The van der Waals surface area contributed by atoms with Gasteiger partial charge in [0.05, 0.1) is 16.0 Å². The molecule has 0 amide bonds. The van der Waals surface area contributed by atoms with Gasteiger partial charge >= 0.3 is 0 Å². The number of sulfone groups is 1. The number of hydrogen-bond donors (Lipinski definition) is 1. The number of hydrogen-bond acceptors (Lipinski definition) is 4. The minimum atomic E-state index is -2.85. The molecule has 1 saturated heterocycles. The van der Waals surface area contributed by atoms with Gasteiger partial charge in [0.25, 0.3) is 0 Å². The van der Waals surface area contributed by atoms with E-state index in [-0.39, 0.29) is 23.0 Å². The second-order valence-electron chi connectivity index (χ2n) is 5.80. The zero-order valence-electron chi connectivity index (χ0n) is 11.1. The third-order valence-corrected chi connectivity index (χ3v) is 6.80. The van der Waals surface area contributed by atoms with E-state index in [0.29, 0.717) is 12.3 Å². The van der Waals surface area contributed by atoms with Gasteiger partial charge in [-0.05, 0) is 46.5 Å². The normalized spacial score (nSPS) is 23.7. The molecular formula is C14H18BrNO3S. The second-order valence-corrected chi connectivity index (χ2v) is 8.81. The Morgan fingerprint density at radius 1 is 1.35 bits per heavy atom. The molecule has 1 aromatic rings. The summed E-state index contributed by atoms with van der Waals surface area (Å²) in [5, 5.41) is 0. The van der Waals surface area contributed by atoms with Crippen LogP contribution in [0.5, 0.6) is 5.75 Å². The summed E-state index contributed by atoms with van der Waals surface area (Å²) in [7, 11) is -2.85. The van der Waals surface area contributed by atoms with Crippen LogP contribution >= 0.6 is 15.9 Å². The van der Waals surface area contributed by atoms with Crippen LogP contribution in [-0.4, -0.2) is 32.6 Å². The van der Waals surface area contributed by atoms with E-state index in [1.165, 1.54) is 12.0 Å². The van der Waals surface area contributed by atoms with Crippen molar-refractivity contribution in [2.45, 2.75) is 30.8 Å². The van der Waals surface area contributed by atoms with Crippen molar-refractivity contribution in [3.05, 3.63) is 28.2 Å². The predicted molar refractivity (Wildman–Crippen MR) is 81.8 cm³/mol. The first kappa shape index (κ1) is 14.4. The first-order valence-electron chi connectivity index (χ1n) is 6.81. The van der Waals surface area contributed by atoms with E-state index < -0.39 is 9.84 Å². The smallest absolute Gasteiger partial charge is 0.157 e. The van der Waals surface area contributed by atoms with Crippen LogP contribution in [-0.2, 0) is 15.3 Å². The zero-order valence-corrected chi connectivity index (χ0v) is 13.5. The van der Waals surface area contributed by atoms with Crippen LogP contribution < -0.4 is 10.5 Å². The van der Waals surface area contributed by atoms with Gasteiger partial charge in [-0.25, -0.2) is 8.42 Å². The summed E-state index contributed by atoms with van der Waals surface area (Å²) in [4.78, 5) is 0. The van der Waals surface area contributed by atoms with Crippen molar-refractivity contribution in [2.24, 2.45) is 5.73 Å². The first-order valence-corrected chi connectivity index (χ1v) is 9.43. The van der Waals surface area contributed by atoms with Gasteiger partial charge in [0.2, 0.25) is 0 Å². The maximum absolute atomic E-state index is 11.1. The molecule has 0 aromatic heterocycles. The summed E-state index contributed by atoms with van der Waals surface area (Å²) >= 11 is 3.52. The Morgan fingerprint density at radius 3 is 2.50 bits per heavy atom. The quantitative estimate of drug-likeness (QED) is 0.892. The van der Waals surface area contributed by atoms with E-state index in [4.69, 9.17) is 10.5 Å². The molecule has 1 heterocycles. The molecule has 1 aliphatic carbocycles. The number of nitrogens with two attached hydrogens (primary N) is 1. The summed E-state index contributed by atoms with van der Waals surface area (Å²) in [6, 6.07) is 6.04. The van der Waals surface area contributed by atoms with Gasteiger partial charge in [0.1, 0.15) is 11.9 Å². The standard InChI is InChI=1S/C14H18BrNO3S/c15-12-6-10(14(9-16)4-1-5-14)2-3-13(12)19-11-7-20(17,18)8-11/h2-3,6,11H,1,4-5,7-9,16H2. The van der Waals surface area contributed by atoms with E-state index in [1.54, 1.807) is 0 Å².